The molecule has 2 aromatic rings. The van der Waals surface area contributed by atoms with Gasteiger partial charge in [0.15, 0.2) is 5.82 Å². The number of halogens is 1. The van der Waals surface area contributed by atoms with Gasteiger partial charge in [-0.3, -0.25) is 4.68 Å². The summed E-state index contributed by atoms with van der Waals surface area (Å²) < 4.78 is 2.75. The number of hydrogen-bond donors (Lipinski definition) is 1. The van der Waals surface area contributed by atoms with Gasteiger partial charge in [0.05, 0.1) is 9.26 Å². The van der Waals surface area contributed by atoms with E-state index in [1.807, 2.05) is 24.6 Å². The molecule has 0 saturated heterocycles. The van der Waals surface area contributed by atoms with Crippen molar-refractivity contribution < 1.29 is 0 Å². The summed E-state index contributed by atoms with van der Waals surface area (Å²) in [5.74, 6) is 1.15. The Morgan fingerprint density at radius 3 is 2.81 bits per heavy atom. The Morgan fingerprint density at radius 1 is 1.44 bits per heavy atom. The van der Waals surface area contributed by atoms with Gasteiger partial charge < -0.3 is 5.73 Å². The zero-order chi connectivity index (χ0) is 11.7. The largest absolute Gasteiger partial charge is 0.383 e. The molecule has 0 atom stereocenters. The highest BCUT2D eigenvalue weighted by Crippen LogP contribution is 2.21. The number of hydrogen-bond acceptors (Lipinski definition) is 4. The van der Waals surface area contributed by atoms with Crippen molar-refractivity contribution in [2.45, 2.75) is 20.4 Å². The molecule has 84 valence electrons. The van der Waals surface area contributed by atoms with Crippen LogP contribution in [0.25, 0.3) is 11.5 Å². The SMILES string of the molecule is CCn1nccc1-c1nc(C)c(I)c(N)n1. The lowest BCUT2D eigenvalue weighted by molar-refractivity contribution is 0.663. The van der Waals surface area contributed by atoms with E-state index in [9.17, 15) is 0 Å². The van der Waals surface area contributed by atoms with Crippen molar-refractivity contribution in [3.63, 3.8) is 0 Å². The second-order valence-electron chi connectivity index (χ2n) is 3.36. The molecule has 0 bridgehead atoms. The van der Waals surface area contributed by atoms with Crippen LogP contribution in [0, 0.1) is 10.5 Å². The van der Waals surface area contributed by atoms with Crippen LogP contribution in [0.1, 0.15) is 12.6 Å². The summed E-state index contributed by atoms with van der Waals surface area (Å²) in [6.07, 6.45) is 1.74. The minimum atomic E-state index is 0.520. The molecule has 2 aromatic heterocycles. The van der Waals surface area contributed by atoms with Crippen LogP contribution in [-0.2, 0) is 6.54 Å². The average Bonchev–Trinajstić information content (AvgIpc) is 2.73. The molecule has 0 spiro atoms. The van der Waals surface area contributed by atoms with Gasteiger partial charge in [0, 0.05) is 12.7 Å². The first-order valence-corrected chi connectivity index (χ1v) is 6.03. The van der Waals surface area contributed by atoms with Gasteiger partial charge in [0.2, 0.25) is 0 Å². The van der Waals surface area contributed by atoms with Crippen LogP contribution in [0.5, 0.6) is 0 Å². The quantitative estimate of drug-likeness (QED) is 0.854. The summed E-state index contributed by atoms with van der Waals surface area (Å²) in [7, 11) is 0. The van der Waals surface area contributed by atoms with Gasteiger partial charge in [-0.25, -0.2) is 9.97 Å². The predicted octanol–water partition coefficient (Wildman–Crippen LogP) is 1.86. The molecule has 16 heavy (non-hydrogen) atoms. The lowest BCUT2D eigenvalue weighted by Crippen LogP contribution is -2.06. The third-order valence-corrected chi connectivity index (χ3v) is 3.62. The smallest absolute Gasteiger partial charge is 0.180 e. The Hall–Kier alpha value is -1.18. The molecule has 5 nitrogen and oxygen atoms in total. The van der Waals surface area contributed by atoms with Crippen molar-refractivity contribution in [1.29, 1.82) is 0 Å². The monoisotopic (exact) mass is 329 g/mol. The highest BCUT2D eigenvalue weighted by Gasteiger charge is 2.11. The van der Waals surface area contributed by atoms with Crippen LogP contribution in [0.2, 0.25) is 0 Å². The van der Waals surface area contributed by atoms with E-state index < -0.39 is 0 Å². The van der Waals surface area contributed by atoms with Gasteiger partial charge in [-0.1, -0.05) is 0 Å². The third-order valence-electron chi connectivity index (χ3n) is 2.29. The molecule has 0 aliphatic heterocycles. The molecule has 0 aromatic carbocycles. The molecule has 0 aliphatic rings. The van der Waals surface area contributed by atoms with E-state index >= 15 is 0 Å². The molecule has 2 N–H and O–H groups in total. The van der Waals surface area contributed by atoms with Crippen molar-refractivity contribution in [2.75, 3.05) is 5.73 Å². The molecule has 0 unspecified atom stereocenters. The Bertz CT molecular complexity index is 497. The molecule has 0 radical (unpaired) electrons. The maximum atomic E-state index is 5.83. The van der Waals surface area contributed by atoms with Gasteiger partial charge in [0.1, 0.15) is 11.5 Å². The van der Waals surface area contributed by atoms with Crippen molar-refractivity contribution in [3.05, 3.63) is 21.5 Å². The van der Waals surface area contributed by atoms with Gasteiger partial charge in [0.25, 0.3) is 0 Å². The molecule has 0 aliphatic carbocycles. The summed E-state index contributed by atoms with van der Waals surface area (Å²) in [5, 5.41) is 4.19. The summed E-state index contributed by atoms with van der Waals surface area (Å²) in [4.78, 5) is 8.71. The standard InChI is InChI=1S/C10H12IN5/c1-3-16-7(4-5-13-16)10-14-6(2)8(11)9(12)15-10/h4-5H,3H2,1-2H3,(H2,12,14,15). The van der Waals surface area contributed by atoms with E-state index in [0.29, 0.717) is 11.6 Å². The summed E-state index contributed by atoms with van der Waals surface area (Å²) >= 11 is 2.15. The number of nitrogens with zero attached hydrogens (tertiary/aromatic N) is 4. The van der Waals surface area contributed by atoms with Crippen molar-refractivity contribution >= 4 is 28.4 Å². The fourth-order valence-corrected chi connectivity index (χ4v) is 1.71. The third kappa shape index (κ3) is 1.89. The fourth-order valence-electron chi connectivity index (χ4n) is 1.47. The van der Waals surface area contributed by atoms with Gasteiger partial charge in [-0.2, -0.15) is 5.10 Å². The molecular weight excluding hydrogens is 317 g/mol. The van der Waals surface area contributed by atoms with Crippen LogP contribution in [0.4, 0.5) is 5.82 Å². The highest BCUT2D eigenvalue weighted by atomic mass is 127. The number of aromatic nitrogens is 4. The van der Waals surface area contributed by atoms with E-state index in [4.69, 9.17) is 5.73 Å². The van der Waals surface area contributed by atoms with Gasteiger partial charge in [-0.05, 0) is 42.5 Å². The first kappa shape index (κ1) is 11.3. The molecular formula is C10H12IN5. The minimum absolute atomic E-state index is 0.520. The Balaban J connectivity index is 2.57. The van der Waals surface area contributed by atoms with Crippen LogP contribution in [-0.4, -0.2) is 19.7 Å². The lowest BCUT2D eigenvalue weighted by Gasteiger charge is -2.07. The van der Waals surface area contributed by atoms with Crippen molar-refractivity contribution in [2.24, 2.45) is 0 Å². The molecule has 0 amide bonds. The van der Waals surface area contributed by atoms with E-state index in [1.165, 1.54) is 0 Å². The lowest BCUT2D eigenvalue weighted by atomic mass is 10.3. The highest BCUT2D eigenvalue weighted by molar-refractivity contribution is 14.1. The number of nitrogen functional groups attached to an aromatic ring is 1. The first-order valence-electron chi connectivity index (χ1n) is 4.95. The van der Waals surface area contributed by atoms with E-state index in [1.54, 1.807) is 6.20 Å². The number of nitrogens with two attached hydrogens (primary N) is 1. The minimum Gasteiger partial charge on any atom is -0.383 e. The fraction of sp³-hybridized carbons (Fsp3) is 0.300. The normalized spacial score (nSPS) is 10.7. The molecule has 6 heteroatoms. The predicted molar refractivity (Wildman–Crippen MR) is 70.8 cm³/mol. The second kappa shape index (κ2) is 4.36. The molecule has 2 rings (SSSR count). The molecule has 0 saturated carbocycles. The molecule has 0 fully saturated rings. The Kier molecular flexibility index (Phi) is 3.08. The number of aryl methyl sites for hydroxylation is 2. The number of anilines is 1. The summed E-state index contributed by atoms with van der Waals surface area (Å²) in [5.41, 5.74) is 7.62. The zero-order valence-corrected chi connectivity index (χ0v) is 11.3. The van der Waals surface area contributed by atoms with Gasteiger partial charge in [-0.15, -0.1) is 0 Å². The average molecular weight is 329 g/mol. The summed E-state index contributed by atoms with van der Waals surface area (Å²) in [6, 6.07) is 1.89. The van der Waals surface area contributed by atoms with Crippen LogP contribution >= 0.6 is 22.6 Å². The second-order valence-corrected chi connectivity index (χ2v) is 4.44. The van der Waals surface area contributed by atoms with E-state index in [-0.39, 0.29) is 0 Å². The Morgan fingerprint density at radius 2 is 2.19 bits per heavy atom. The van der Waals surface area contributed by atoms with Crippen molar-refractivity contribution in [3.8, 4) is 11.5 Å². The van der Waals surface area contributed by atoms with Gasteiger partial charge >= 0.3 is 0 Å². The van der Waals surface area contributed by atoms with Crippen LogP contribution in [0.3, 0.4) is 0 Å². The topological polar surface area (TPSA) is 69.6 Å². The number of rotatable bonds is 2. The maximum Gasteiger partial charge on any atom is 0.180 e. The van der Waals surface area contributed by atoms with Crippen LogP contribution < -0.4 is 5.73 Å². The zero-order valence-electron chi connectivity index (χ0n) is 9.11. The van der Waals surface area contributed by atoms with Crippen LogP contribution in [0.15, 0.2) is 12.3 Å². The molecule has 2 heterocycles. The van der Waals surface area contributed by atoms with E-state index in [0.717, 1.165) is 21.5 Å². The maximum absolute atomic E-state index is 5.83. The van der Waals surface area contributed by atoms with E-state index in [2.05, 4.69) is 37.7 Å². The first-order chi connectivity index (χ1) is 7.63. The Labute approximate surface area is 107 Å². The summed E-state index contributed by atoms with van der Waals surface area (Å²) in [6.45, 7) is 4.74. The van der Waals surface area contributed by atoms with Crippen molar-refractivity contribution in [1.82, 2.24) is 19.7 Å².